The first-order chi connectivity index (χ1) is 7.97. The van der Waals surface area contributed by atoms with Crippen LogP contribution >= 0.6 is 27.3 Å². The molecule has 17 heavy (non-hydrogen) atoms. The van der Waals surface area contributed by atoms with E-state index in [9.17, 15) is 0 Å². The summed E-state index contributed by atoms with van der Waals surface area (Å²) in [6, 6.07) is 0. The molecule has 1 heterocycles. The van der Waals surface area contributed by atoms with Gasteiger partial charge in [0.05, 0.1) is 10.7 Å². The molecule has 1 aromatic rings. The second-order valence-electron chi connectivity index (χ2n) is 6.12. The zero-order valence-corrected chi connectivity index (χ0v) is 13.4. The third kappa shape index (κ3) is 4.06. The lowest BCUT2D eigenvalue weighted by molar-refractivity contribution is 0.569. The highest BCUT2D eigenvalue weighted by Gasteiger charge is 2.28. The van der Waals surface area contributed by atoms with Gasteiger partial charge in [-0.1, -0.05) is 36.7 Å². The Morgan fingerprint density at radius 2 is 2.18 bits per heavy atom. The molecule has 0 aliphatic heterocycles. The van der Waals surface area contributed by atoms with E-state index in [1.165, 1.54) is 36.4 Å². The highest BCUT2D eigenvalue weighted by molar-refractivity contribution is 9.09. The fourth-order valence-electron chi connectivity index (χ4n) is 1.91. The third-order valence-corrected chi connectivity index (χ3v) is 5.44. The van der Waals surface area contributed by atoms with E-state index in [1.54, 1.807) is 0 Å². The number of thiazole rings is 1. The Hall–Kier alpha value is 0.110. The molecule has 1 aliphatic rings. The number of hydrogen-bond acceptors (Lipinski definition) is 2. The van der Waals surface area contributed by atoms with Gasteiger partial charge in [0, 0.05) is 15.6 Å². The lowest BCUT2D eigenvalue weighted by Gasteiger charge is -2.14. The molecule has 1 fully saturated rings. The Balaban J connectivity index is 1.77. The molecule has 0 saturated heterocycles. The van der Waals surface area contributed by atoms with Crippen molar-refractivity contribution < 1.29 is 0 Å². The molecule has 3 heteroatoms. The van der Waals surface area contributed by atoms with E-state index in [0.29, 0.717) is 0 Å². The van der Waals surface area contributed by atoms with Crippen LogP contribution in [0.15, 0.2) is 5.38 Å². The van der Waals surface area contributed by atoms with Crippen LogP contribution in [-0.4, -0.2) is 9.81 Å². The fourth-order valence-corrected chi connectivity index (χ4v) is 3.83. The summed E-state index contributed by atoms with van der Waals surface area (Å²) in [7, 11) is 0. The van der Waals surface area contributed by atoms with Gasteiger partial charge in [0.2, 0.25) is 0 Å². The summed E-state index contributed by atoms with van der Waals surface area (Å²) in [5.74, 6) is 0.969. The Bertz CT molecular complexity index is 363. The molecule has 1 aliphatic carbocycles. The predicted octanol–water partition coefficient (Wildman–Crippen LogP) is 4.94. The van der Waals surface area contributed by atoms with Gasteiger partial charge >= 0.3 is 0 Å². The Kier molecular flexibility index (Phi) is 4.30. The summed E-state index contributed by atoms with van der Waals surface area (Å²) >= 11 is 5.62. The number of hydrogen-bond donors (Lipinski definition) is 0. The number of aryl methyl sites for hydroxylation is 1. The predicted molar refractivity (Wildman–Crippen MR) is 79.2 cm³/mol. The molecule has 0 aromatic carbocycles. The first kappa shape index (κ1) is 13.5. The summed E-state index contributed by atoms with van der Waals surface area (Å²) in [5, 5.41) is 3.53. The van der Waals surface area contributed by atoms with Crippen molar-refractivity contribution in [1.82, 2.24) is 4.98 Å². The first-order valence-electron chi connectivity index (χ1n) is 6.56. The summed E-state index contributed by atoms with van der Waals surface area (Å²) in [6.45, 7) is 6.69. The van der Waals surface area contributed by atoms with Crippen LogP contribution in [0.1, 0.15) is 57.2 Å². The van der Waals surface area contributed by atoms with E-state index < -0.39 is 0 Å². The number of rotatable bonds is 5. The monoisotopic (exact) mass is 315 g/mol. The average Bonchev–Trinajstić information content (AvgIpc) is 2.97. The molecule has 0 amide bonds. The molecule has 1 saturated carbocycles. The maximum Gasteiger partial charge on any atom is 0.0928 e. The van der Waals surface area contributed by atoms with E-state index in [0.717, 1.165) is 17.2 Å². The highest BCUT2D eigenvalue weighted by atomic mass is 79.9. The van der Waals surface area contributed by atoms with Crippen molar-refractivity contribution in [2.24, 2.45) is 5.92 Å². The van der Waals surface area contributed by atoms with Gasteiger partial charge in [0.25, 0.3) is 0 Å². The maximum atomic E-state index is 4.74. The maximum absolute atomic E-state index is 4.74. The molecule has 0 bridgehead atoms. The van der Waals surface area contributed by atoms with Crippen molar-refractivity contribution in [3.05, 3.63) is 16.1 Å². The van der Waals surface area contributed by atoms with Crippen LogP contribution in [0, 0.1) is 5.92 Å². The molecular weight excluding hydrogens is 294 g/mol. The van der Waals surface area contributed by atoms with E-state index in [1.807, 2.05) is 11.3 Å². The minimum absolute atomic E-state index is 0.195. The van der Waals surface area contributed by atoms with Crippen LogP contribution < -0.4 is 0 Å². The normalized spacial score (nSPS) is 18.4. The van der Waals surface area contributed by atoms with E-state index in [-0.39, 0.29) is 5.41 Å². The third-order valence-electron chi connectivity index (χ3n) is 3.32. The van der Waals surface area contributed by atoms with Crippen LogP contribution in [0.5, 0.6) is 0 Å². The molecule has 0 spiro atoms. The SMILES string of the molecule is CC(C)(C)c1csc(CCCC(Br)C2CC2)n1. The number of halogens is 1. The lowest BCUT2D eigenvalue weighted by atomic mass is 9.93. The molecule has 2 rings (SSSR count). The van der Waals surface area contributed by atoms with Gasteiger partial charge in [-0.15, -0.1) is 11.3 Å². The second-order valence-corrected chi connectivity index (χ2v) is 8.24. The highest BCUT2D eigenvalue weighted by Crippen LogP contribution is 2.38. The Morgan fingerprint density at radius 1 is 1.47 bits per heavy atom. The Labute approximate surface area is 117 Å². The van der Waals surface area contributed by atoms with Gasteiger partial charge in [-0.3, -0.25) is 0 Å². The van der Waals surface area contributed by atoms with Gasteiger partial charge in [-0.05, 0) is 38.0 Å². The van der Waals surface area contributed by atoms with Crippen LogP contribution in [0.25, 0.3) is 0 Å². The molecule has 96 valence electrons. The van der Waals surface area contributed by atoms with Crippen molar-refractivity contribution in [1.29, 1.82) is 0 Å². The van der Waals surface area contributed by atoms with Crippen molar-refractivity contribution in [2.45, 2.75) is 63.1 Å². The van der Waals surface area contributed by atoms with Gasteiger partial charge in [0.15, 0.2) is 0 Å². The van der Waals surface area contributed by atoms with Gasteiger partial charge in [-0.2, -0.15) is 0 Å². The minimum atomic E-state index is 0.195. The first-order valence-corrected chi connectivity index (χ1v) is 8.35. The zero-order valence-electron chi connectivity index (χ0n) is 11.0. The van der Waals surface area contributed by atoms with Gasteiger partial charge in [-0.25, -0.2) is 4.98 Å². The molecular formula is C14H22BrNS. The largest absolute Gasteiger partial charge is 0.246 e. The quantitative estimate of drug-likeness (QED) is 0.701. The van der Waals surface area contributed by atoms with Gasteiger partial charge < -0.3 is 0 Å². The van der Waals surface area contributed by atoms with Crippen LogP contribution in [-0.2, 0) is 11.8 Å². The van der Waals surface area contributed by atoms with E-state index in [2.05, 4.69) is 42.1 Å². The summed E-state index contributed by atoms with van der Waals surface area (Å²) in [6.07, 6.45) is 6.58. The van der Waals surface area contributed by atoms with Crippen molar-refractivity contribution in [3.63, 3.8) is 0 Å². The molecule has 1 atom stereocenters. The fraction of sp³-hybridized carbons (Fsp3) is 0.786. The van der Waals surface area contributed by atoms with Crippen molar-refractivity contribution >= 4 is 27.3 Å². The number of aromatic nitrogens is 1. The summed E-state index contributed by atoms with van der Waals surface area (Å²) < 4.78 is 0. The second kappa shape index (κ2) is 5.40. The van der Waals surface area contributed by atoms with Crippen molar-refractivity contribution in [2.75, 3.05) is 0 Å². The number of nitrogens with zero attached hydrogens (tertiary/aromatic N) is 1. The molecule has 0 radical (unpaired) electrons. The van der Waals surface area contributed by atoms with Crippen LogP contribution in [0.2, 0.25) is 0 Å². The van der Waals surface area contributed by atoms with E-state index >= 15 is 0 Å². The zero-order chi connectivity index (χ0) is 12.5. The lowest BCUT2D eigenvalue weighted by Crippen LogP contribution is -2.11. The molecule has 1 unspecified atom stereocenters. The smallest absolute Gasteiger partial charge is 0.0928 e. The average molecular weight is 316 g/mol. The van der Waals surface area contributed by atoms with Crippen molar-refractivity contribution in [3.8, 4) is 0 Å². The molecule has 1 aromatic heterocycles. The van der Waals surface area contributed by atoms with Gasteiger partial charge in [0.1, 0.15) is 0 Å². The standard InChI is InChI=1S/C14H22BrNS/c1-14(2,3)12-9-17-13(16-12)6-4-5-11(15)10-7-8-10/h9-11H,4-8H2,1-3H3. The summed E-state index contributed by atoms with van der Waals surface area (Å²) in [5.41, 5.74) is 1.44. The Morgan fingerprint density at radius 3 is 2.71 bits per heavy atom. The van der Waals surface area contributed by atoms with Crippen LogP contribution in [0.4, 0.5) is 0 Å². The molecule has 0 N–H and O–H groups in total. The minimum Gasteiger partial charge on any atom is -0.246 e. The summed E-state index contributed by atoms with van der Waals surface area (Å²) in [4.78, 5) is 5.50. The molecule has 1 nitrogen and oxygen atoms in total. The van der Waals surface area contributed by atoms with E-state index in [4.69, 9.17) is 4.98 Å². The van der Waals surface area contributed by atoms with Crippen LogP contribution in [0.3, 0.4) is 0 Å². The number of alkyl halides is 1. The topological polar surface area (TPSA) is 12.9 Å².